The van der Waals surface area contributed by atoms with Gasteiger partial charge < -0.3 is 9.80 Å². The van der Waals surface area contributed by atoms with Crippen LogP contribution >= 0.6 is 0 Å². The molecule has 5 aromatic rings. The number of rotatable bonds is 6. The SMILES string of the molecule is CCCCCCC1(C)Cc2cc(C(C)(C)C)cc3c2N1c1cc(C)cc2c1B3c1ccc3c(c1N2c1ccc(C(C)(C)C)cc1)C(C)(C)c1ccccc1-3. The first-order chi connectivity index (χ1) is 25.5. The highest BCUT2D eigenvalue weighted by Gasteiger charge is 2.53. The van der Waals surface area contributed by atoms with Crippen molar-refractivity contribution in [3.8, 4) is 11.1 Å². The molecule has 1 aliphatic carbocycles. The van der Waals surface area contributed by atoms with Crippen molar-refractivity contribution in [1.82, 2.24) is 0 Å². The summed E-state index contributed by atoms with van der Waals surface area (Å²) in [5.41, 5.74) is 22.7. The molecule has 1 unspecified atom stereocenters. The molecule has 4 aliphatic rings. The third kappa shape index (κ3) is 5.05. The fourth-order valence-electron chi connectivity index (χ4n) is 10.8. The molecule has 0 N–H and O–H groups in total. The standard InChI is InChI=1S/C51H59BN2/c1-12-13-14-17-26-51(11)31-33-29-35(49(6,7)8)30-41-46(33)54(51)43-28-32(2)27-42-45(43)52(41)40-25-24-38-37-18-15-16-19-39(37)50(9,10)44(38)47(40)53(42)36-22-20-34(21-23-36)48(3,4)5/h15-16,18-25,27-30H,12-14,17,26,31H2,1-11H3. The second kappa shape index (κ2) is 11.9. The van der Waals surface area contributed by atoms with E-state index in [4.69, 9.17) is 0 Å². The topological polar surface area (TPSA) is 6.48 Å². The minimum Gasteiger partial charge on any atom is -0.336 e. The smallest absolute Gasteiger partial charge is 0.252 e. The normalized spacial score (nSPS) is 18.7. The molecule has 9 rings (SSSR count). The highest BCUT2D eigenvalue weighted by molar-refractivity contribution is 7.00. The minimum atomic E-state index is -0.155. The quantitative estimate of drug-likeness (QED) is 0.125. The largest absolute Gasteiger partial charge is 0.336 e. The van der Waals surface area contributed by atoms with Gasteiger partial charge in [-0.2, -0.15) is 0 Å². The molecule has 0 bridgehead atoms. The van der Waals surface area contributed by atoms with Gasteiger partial charge in [0.15, 0.2) is 0 Å². The van der Waals surface area contributed by atoms with Crippen LogP contribution in [0.5, 0.6) is 0 Å². The molecule has 0 fully saturated rings. The average Bonchev–Trinajstić information content (AvgIpc) is 3.55. The predicted molar refractivity (Wildman–Crippen MR) is 235 cm³/mol. The Morgan fingerprint density at radius 3 is 2.09 bits per heavy atom. The Balaban J connectivity index is 1.37. The molecule has 3 aliphatic heterocycles. The zero-order valence-electron chi connectivity index (χ0n) is 34.8. The van der Waals surface area contributed by atoms with Gasteiger partial charge in [0.05, 0.1) is 0 Å². The van der Waals surface area contributed by atoms with Crippen molar-refractivity contribution in [2.24, 2.45) is 0 Å². The highest BCUT2D eigenvalue weighted by atomic mass is 15.2. The molecule has 5 aromatic carbocycles. The molecule has 1 atom stereocenters. The van der Waals surface area contributed by atoms with Crippen LogP contribution in [-0.2, 0) is 22.7 Å². The Labute approximate surface area is 326 Å². The summed E-state index contributed by atoms with van der Waals surface area (Å²) in [4.78, 5) is 5.53. The zero-order valence-corrected chi connectivity index (χ0v) is 34.8. The number of hydrogen-bond donors (Lipinski definition) is 0. The van der Waals surface area contributed by atoms with Crippen molar-refractivity contribution in [2.45, 2.75) is 136 Å². The summed E-state index contributed by atoms with van der Waals surface area (Å²) in [6, 6.07) is 33.9. The molecule has 0 amide bonds. The number of nitrogens with zero attached hydrogens (tertiary/aromatic N) is 2. The average molecular weight is 711 g/mol. The van der Waals surface area contributed by atoms with E-state index in [0.29, 0.717) is 0 Å². The van der Waals surface area contributed by atoms with Crippen molar-refractivity contribution < 1.29 is 0 Å². The summed E-state index contributed by atoms with van der Waals surface area (Å²) in [5.74, 6) is 0. The number of unbranched alkanes of at least 4 members (excludes halogenated alkanes) is 3. The molecular formula is C51H59BN2. The molecule has 0 radical (unpaired) electrons. The number of aryl methyl sites for hydroxylation is 1. The van der Waals surface area contributed by atoms with Crippen molar-refractivity contribution in [3.63, 3.8) is 0 Å². The van der Waals surface area contributed by atoms with E-state index in [-0.39, 0.29) is 28.5 Å². The lowest BCUT2D eigenvalue weighted by Crippen LogP contribution is -2.63. The lowest BCUT2D eigenvalue weighted by atomic mass is 9.33. The van der Waals surface area contributed by atoms with Gasteiger partial charge in [-0.05, 0) is 123 Å². The molecule has 0 spiro atoms. The van der Waals surface area contributed by atoms with Gasteiger partial charge in [-0.15, -0.1) is 0 Å². The fraction of sp³-hybridized carbons (Fsp3) is 0.412. The molecule has 276 valence electrons. The first kappa shape index (κ1) is 35.5. The highest BCUT2D eigenvalue weighted by Crippen LogP contribution is 2.56. The molecule has 3 heteroatoms. The van der Waals surface area contributed by atoms with Crippen LogP contribution in [0.15, 0.2) is 84.9 Å². The maximum Gasteiger partial charge on any atom is 0.252 e. The Bertz CT molecular complexity index is 2330. The zero-order chi connectivity index (χ0) is 38.1. The van der Waals surface area contributed by atoms with Crippen molar-refractivity contribution >= 4 is 51.5 Å². The second-order valence-electron chi connectivity index (χ2n) is 20.0. The monoisotopic (exact) mass is 710 g/mol. The molecule has 0 saturated heterocycles. The van der Waals surface area contributed by atoms with Gasteiger partial charge in [-0.3, -0.25) is 0 Å². The first-order valence-corrected chi connectivity index (χ1v) is 20.8. The van der Waals surface area contributed by atoms with Gasteiger partial charge in [0.25, 0.3) is 6.71 Å². The first-order valence-electron chi connectivity index (χ1n) is 20.8. The van der Waals surface area contributed by atoms with E-state index in [2.05, 4.69) is 171 Å². The van der Waals surface area contributed by atoms with E-state index in [0.717, 1.165) is 6.42 Å². The van der Waals surface area contributed by atoms with Gasteiger partial charge >= 0.3 is 0 Å². The summed E-state index contributed by atoms with van der Waals surface area (Å²) < 4.78 is 0. The predicted octanol–water partition coefficient (Wildman–Crippen LogP) is 11.9. The van der Waals surface area contributed by atoms with Crippen molar-refractivity contribution in [1.29, 1.82) is 0 Å². The maximum absolute atomic E-state index is 2.84. The van der Waals surface area contributed by atoms with Crippen LogP contribution in [0.4, 0.5) is 28.4 Å². The van der Waals surface area contributed by atoms with Crippen LogP contribution in [0.25, 0.3) is 11.1 Å². The number of hydrogen-bond acceptors (Lipinski definition) is 2. The summed E-state index contributed by atoms with van der Waals surface area (Å²) in [6.07, 6.45) is 7.45. The fourth-order valence-corrected chi connectivity index (χ4v) is 10.8. The Kier molecular flexibility index (Phi) is 7.80. The van der Waals surface area contributed by atoms with Crippen LogP contribution in [0, 0.1) is 6.92 Å². The van der Waals surface area contributed by atoms with Crippen LogP contribution in [-0.4, -0.2) is 12.3 Å². The van der Waals surface area contributed by atoms with E-state index in [9.17, 15) is 0 Å². The Morgan fingerprint density at radius 2 is 1.39 bits per heavy atom. The second-order valence-corrected chi connectivity index (χ2v) is 20.0. The van der Waals surface area contributed by atoms with E-state index in [1.54, 1.807) is 5.56 Å². The van der Waals surface area contributed by atoms with Crippen LogP contribution < -0.4 is 26.2 Å². The third-order valence-electron chi connectivity index (χ3n) is 13.6. The number of fused-ring (bicyclic) bond motifs is 8. The molecule has 0 saturated carbocycles. The van der Waals surface area contributed by atoms with Crippen LogP contribution in [0.2, 0.25) is 0 Å². The molecule has 0 aromatic heterocycles. The van der Waals surface area contributed by atoms with E-state index in [1.807, 2.05) is 0 Å². The van der Waals surface area contributed by atoms with Gasteiger partial charge in [0.2, 0.25) is 0 Å². The van der Waals surface area contributed by atoms with E-state index in [1.165, 1.54) is 116 Å². The maximum atomic E-state index is 2.84. The minimum absolute atomic E-state index is 0.0227. The van der Waals surface area contributed by atoms with Gasteiger partial charge in [0.1, 0.15) is 0 Å². The van der Waals surface area contributed by atoms with Crippen molar-refractivity contribution in [2.75, 3.05) is 9.80 Å². The summed E-state index contributed by atoms with van der Waals surface area (Å²) >= 11 is 0. The molecule has 2 nitrogen and oxygen atoms in total. The van der Waals surface area contributed by atoms with Crippen molar-refractivity contribution in [3.05, 3.63) is 118 Å². The molecule has 3 heterocycles. The third-order valence-corrected chi connectivity index (χ3v) is 13.6. The van der Waals surface area contributed by atoms with Gasteiger partial charge in [-0.1, -0.05) is 149 Å². The number of anilines is 5. The summed E-state index contributed by atoms with van der Waals surface area (Å²) in [7, 11) is 0. The van der Waals surface area contributed by atoms with Gasteiger partial charge in [-0.25, -0.2) is 0 Å². The summed E-state index contributed by atoms with van der Waals surface area (Å²) in [5, 5.41) is 0. The summed E-state index contributed by atoms with van der Waals surface area (Å²) in [6.45, 7) is 26.4. The Morgan fingerprint density at radius 1 is 0.685 bits per heavy atom. The molecular weight excluding hydrogens is 651 g/mol. The number of benzene rings is 5. The lowest BCUT2D eigenvalue weighted by Gasteiger charge is -2.48. The van der Waals surface area contributed by atoms with Gasteiger partial charge in [0, 0.05) is 39.4 Å². The van der Waals surface area contributed by atoms with Crippen LogP contribution in [0.3, 0.4) is 0 Å². The molecule has 54 heavy (non-hydrogen) atoms. The van der Waals surface area contributed by atoms with E-state index >= 15 is 0 Å². The lowest BCUT2D eigenvalue weighted by molar-refractivity contribution is 0.419. The Hall–Kier alpha value is -4.24. The van der Waals surface area contributed by atoms with Crippen LogP contribution in [0.1, 0.15) is 135 Å². The van der Waals surface area contributed by atoms with E-state index < -0.39 is 0 Å².